The average molecular weight is 299 g/mol. The molecule has 1 aromatic rings. The van der Waals surface area contributed by atoms with Gasteiger partial charge in [-0.25, -0.2) is 14.5 Å². The van der Waals surface area contributed by atoms with Crippen molar-refractivity contribution in [3.63, 3.8) is 0 Å². The van der Waals surface area contributed by atoms with Crippen molar-refractivity contribution in [2.45, 2.75) is 44.2 Å². The minimum absolute atomic E-state index is 0.0664. The molecule has 0 aliphatic carbocycles. The maximum absolute atomic E-state index is 11.4. The third kappa shape index (κ3) is 2.42. The first kappa shape index (κ1) is 14.4. The molecule has 21 heavy (non-hydrogen) atoms. The highest BCUT2D eigenvalue weighted by Crippen LogP contribution is 2.42. The molecule has 2 fully saturated rings. The summed E-state index contributed by atoms with van der Waals surface area (Å²) in [5.74, 6) is -1.47. The number of esters is 1. The molecule has 3 rings (SSSR count). The van der Waals surface area contributed by atoms with Crippen LogP contribution in [0.15, 0.2) is 6.33 Å². The molecule has 0 saturated carbocycles. The Morgan fingerprint density at radius 3 is 2.86 bits per heavy atom. The van der Waals surface area contributed by atoms with Gasteiger partial charge in [-0.05, 0) is 13.8 Å². The van der Waals surface area contributed by atoms with Gasteiger partial charge in [-0.15, -0.1) is 5.10 Å². The first-order valence-corrected chi connectivity index (χ1v) is 6.56. The highest BCUT2D eigenvalue weighted by molar-refractivity contribution is 5.84. The number of hydrogen-bond acceptors (Lipinski definition) is 8. The van der Waals surface area contributed by atoms with E-state index >= 15 is 0 Å². The first-order chi connectivity index (χ1) is 9.95. The predicted octanol–water partition coefficient (Wildman–Crippen LogP) is -0.526. The van der Waals surface area contributed by atoms with Crippen LogP contribution in [-0.4, -0.2) is 63.7 Å². The van der Waals surface area contributed by atoms with Gasteiger partial charge in [0, 0.05) is 0 Å². The quantitative estimate of drug-likeness (QED) is 0.743. The van der Waals surface area contributed by atoms with Crippen molar-refractivity contribution in [1.29, 1.82) is 0 Å². The Labute approximate surface area is 120 Å². The predicted molar refractivity (Wildman–Crippen MR) is 66.2 cm³/mol. The number of hydrogen-bond donors (Lipinski definition) is 1. The second-order valence-electron chi connectivity index (χ2n) is 5.35. The van der Waals surface area contributed by atoms with Crippen LogP contribution in [0.25, 0.3) is 0 Å². The van der Waals surface area contributed by atoms with E-state index in [0.29, 0.717) is 0 Å². The zero-order valence-electron chi connectivity index (χ0n) is 11.9. The number of aliphatic hydroxyl groups is 1. The van der Waals surface area contributed by atoms with Crippen LogP contribution in [0, 0.1) is 0 Å². The van der Waals surface area contributed by atoms with Crippen molar-refractivity contribution in [3.8, 4) is 0 Å². The molecule has 9 nitrogen and oxygen atoms in total. The summed E-state index contributed by atoms with van der Waals surface area (Å²) in [5, 5.41) is 13.4. The van der Waals surface area contributed by atoms with Crippen LogP contribution in [0.3, 0.4) is 0 Å². The summed E-state index contributed by atoms with van der Waals surface area (Å²) >= 11 is 0. The topological polar surface area (TPSA) is 105 Å². The number of rotatable bonds is 3. The molecule has 2 saturated heterocycles. The van der Waals surface area contributed by atoms with Gasteiger partial charge in [-0.2, -0.15) is 0 Å². The maximum atomic E-state index is 11.4. The number of carbonyl (C=O) groups is 1. The summed E-state index contributed by atoms with van der Waals surface area (Å²) in [4.78, 5) is 15.3. The molecule has 2 aliphatic rings. The third-order valence-electron chi connectivity index (χ3n) is 3.44. The van der Waals surface area contributed by atoms with Crippen LogP contribution >= 0.6 is 0 Å². The molecule has 9 heteroatoms. The minimum atomic E-state index is -0.767. The van der Waals surface area contributed by atoms with Crippen LogP contribution in [0.5, 0.6) is 0 Å². The van der Waals surface area contributed by atoms with Gasteiger partial charge in [0.2, 0.25) is 0 Å². The van der Waals surface area contributed by atoms with Crippen molar-refractivity contribution < 1.29 is 28.8 Å². The molecule has 2 aliphatic heterocycles. The van der Waals surface area contributed by atoms with Crippen LogP contribution in [0.1, 0.15) is 30.7 Å². The Morgan fingerprint density at radius 1 is 1.48 bits per heavy atom. The molecule has 0 radical (unpaired) electrons. The van der Waals surface area contributed by atoms with Crippen LogP contribution in [0.4, 0.5) is 0 Å². The van der Waals surface area contributed by atoms with Gasteiger partial charge in [0.1, 0.15) is 24.6 Å². The Morgan fingerprint density at radius 2 is 2.19 bits per heavy atom. The van der Waals surface area contributed by atoms with E-state index in [1.807, 2.05) is 0 Å². The van der Waals surface area contributed by atoms with E-state index in [9.17, 15) is 9.90 Å². The number of ether oxygens (including phenoxy) is 4. The lowest BCUT2D eigenvalue weighted by Gasteiger charge is -2.23. The van der Waals surface area contributed by atoms with Crippen molar-refractivity contribution >= 4 is 5.97 Å². The number of methoxy groups -OCH3 is 1. The van der Waals surface area contributed by atoms with Gasteiger partial charge in [0.25, 0.3) is 5.82 Å². The molecule has 0 aromatic carbocycles. The highest BCUT2D eigenvalue weighted by Gasteiger charge is 2.56. The fourth-order valence-electron chi connectivity index (χ4n) is 2.60. The maximum Gasteiger partial charge on any atom is 0.377 e. The summed E-state index contributed by atoms with van der Waals surface area (Å²) in [7, 11) is 1.25. The summed E-state index contributed by atoms with van der Waals surface area (Å²) in [5.41, 5.74) is 0. The van der Waals surface area contributed by atoms with Gasteiger partial charge in [-0.3, -0.25) is 0 Å². The zero-order valence-corrected chi connectivity index (χ0v) is 11.9. The van der Waals surface area contributed by atoms with E-state index in [1.54, 1.807) is 13.8 Å². The number of nitrogens with zero attached hydrogens (tertiary/aromatic N) is 3. The first-order valence-electron chi connectivity index (χ1n) is 6.56. The van der Waals surface area contributed by atoms with Gasteiger partial charge in [-0.1, -0.05) is 0 Å². The van der Waals surface area contributed by atoms with E-state index in [4.69, 9.17) is 14.2 Å². The second-order valence-corrected chi connectivity index (χ2v) is 5.35. The Hall–Kier alpha value is -1.55. The van der Waals surface area contributed by atoms with Gasteiger partial charge in [0.15, 0.2) is 12.0 Å². The lowest BCUT2D eigenvalue weighted by Crippen LogP contribution is -2.31. The number of aromatic nitrogens is 3. The normalized spacial score (nSPS) is 33.9. The molecule has 1 N–H and O–H groups in total. The lowest BCUT2D eigenvalue weighted by atomic mass is 10.1. The van der Waals surface area contributed by atoms with E-state index in [0.717, 1.165) is 0 Å². The van der Waals surface area contributed by atoms with Gasteiger partial charge >= 0.3 is 5.97 Å². The molecule has 2 unspecified atom stereocenters. The lowest BCUT2D eigenvalue weighted by molar-refractivity contribution is -0.201. The van der Waals surface area contributed by atoms with E-state index in [2.05, 4.69) is 14.8 Å². The van der Waals surface area contributed by atoms with E-state index < -0.39 is 36.3 Å². The second kappa shape index (κ2) is 5.02. The van der Waals surface area contributed by atoms with Gasteiger partial charge in [0.05, 0.1) is 13.7 Å². The van der Waals surface area contributed by atoms with E-state index in [1.165, 1.54) is 18.1 Å². The molecule has 3 heterocycles. The molecule has 0 bridgehead atoms. The van der Waals surface area contributed by atoms with Crippen LogP contribution in [0.2, 0.25) is 0 Å². The fraction of sp³-hybridized carbons (Fsp3) is 0.750. The Balaban J connectivity index is 1.85. The number of fused-ring (bicyclic) bond motifs is 1. The summed E-state index contributed by atoms with van der Waals surface area (Å²) < 4.78 is 23.2. The van der Waals surface area contributed by atoms with Crippen molar-refractivity contribution in [3.05, 3.63) is 12.2 Å². The fourth-order valence-corrected chi connectivity index (χ4v) is 2.60. The minimum Gasteiger partial charge on any atom is -0.463 e. The Kier molecular flexibility index (Phi) is 3.44. The molecule has 0 spiro atoms. The third-order valence-corrected chi connectivity index (χ3v) is 3.44. The molecule has 116 valence electrons. The van der Waals surface area contributed by atoms with Crippen LogP contribution in [-0.2, 0) is 18.9 Å². The molecule has 0 amide bonds. The largest absolute Gasteiger partial charge is 0.463 e. The summed E-state index contributed by atoms with van der Waals surface area (Å²) in [6, 6.07) is 0. The van der Waals surface area contributed by atoms with Crippen molar-refractivity contribution in [2.75, 3.05) is 13.7 Å². The monoisotopic (exact) mass is 299 g/mol. The standard InChI is InChI=1S/C12H17N3O6/c1-12(2)20-7-6(4-16)19-10(8(7)21-12)15-5-13-9(14-15)11(17)18-3/h5-8,10,16H,4H2,1-3H3/t6-,7?,8?,10-/m1/s1. The molecular formula is C12H17N3O6. The zero-order chi connectivity index (χ0) is 15.2. The SMILES string of the molecule is COC(=O)c1ncn([C@@H]2O[C@H](CO)C3OC(C)(C)OC32)n1. The number of carbonyl (C=O) groups excluding carboxylic acids is 1. The summed E-state index contributed by atoms with van der Waals surface area (Å²) in [6.45, 7) is 3.38. The smallest absolute Gasteiger partial charge is 0.377 e. The average Bonchev–Trinajstić information content (AvgIpc) is 3.10. The van der Waals surface area contributed by atoms with Gasteiger partial charge < -0.3 is 24.1 Å². The van der Waals surface area contributed by atoms with Crippen molar-refractivity contribution in [1.82, 2.24) is 14.8 Å². The number of aliphatic hydroxyl groups excluding tert-OH is 1. The Bertz CT molecular complexity index is 545. The molecule has 1 aromatic heterocycles. The summed E-state index contributed by atoms with van der Waals surface area (Å²) in [6.07, 6.45) is -0.625. The molecule has 4 atom stereocenters. The molecular weight excluding hydrogens is 282 g/mol. The van der Waals surface area contributed by atoms with E-state index in [-0.39, 0.29) is 12.4 Å². The highest BCUT2D eigenvalue weighted by atomic mass is 16.8. The van der Waals surface area contributed by atoms with Crippen molar-refractivity contribution in [2.24, 2.45) is 0 Å². The van der Waals surface area contributed by atoms with Crippen LogP contribution < -0.4 is 0 Å².